The Morgan fingerprint density at radius 1 is 0.600 bits per heavy atom. The van der Waals surface area contributed by atoms with E-state index in [9.17, 15) is 0 Å². The predicted molar refractivity (Wildman–Crippen MR) is 127 cm³/mol. The molecular weight excluding hydrogens is 360 g/mol. The molecule has 0 spiro atoms. The van der Waals surface area contributed by atoms with Gasteiger partial charge in [0.25, 0.3) is 0 Å². The molecule has 1 aliphatic rings. The first-order chi connectivity index (χ1) is 14.7. The average molecular weight is 387 g/mol. The van der Waals surface area contributed by atoms with E-state index in [0.717, 1.165) is 35.1 Å². The van der Waals surface area contributed by atoms with E-state index in [-0.39, 0.29) is 0 Å². The van der Waals surface area contributed by atoms with Crippen molar-refractivity contribution in [2.45, 2.75) is 39.5 Å². The summed E-state index contributed by atoms with van der Waals surface area (Å²) in [5.41, 5.74) is 9.38. The van der Waals surface area contributed by atoms with Gasteiger partial charge in [-0.1, -0.05) is 65.2 Å². The first kappa shape index (κ1) is 19.8. The summed E-state index contributed by atoms with van der Waals surface area (Å²) in [6.45, 7) is 4.19. The highest BCUT2D eigenvalue weighted by atomic mass is 14.1. The maximum absolute atomic E-state index is 3.41. The fourth-order valence-corrected chi connectivity index (χ4v) is 3.64. The van der Waals surface area contributed by atoms with Gasteiger partial charge in [-0.25, -0.2) is 0 Å². The average Bonchev–Trinajstić information content (AvgIpc) is 2.79. The van der Waals surface area contributed by atoms with Crippen LogP contribution in [0.15, 0.2) is 72.8 Å². The van der Waals surface area contributed by atoms with Crippen LogP contribution in [0.25, 0.3) is 5.57 Å². The summed E-state index contributed by atoms with van der Waals surface area (Å²) in [7, 11) is 0. The first-order valence-corrected chi connectivity index (χ1v) is 10.7. The fourth-order valence-electron chi connectivity index (χ4n) is 3.64. The quantitative estimate of drug-likeness (QED) is 0.393. The molecule has 146 valence electrons. The van der Waals surface area contributed by atoms with Crippen LogP contribution in [-0.2, 0) is 0 Å². The van der Waals surface area contributed by atoms with Crippen LogP contribution in [0.4, 0.5) is 0 Å². The van der Waals surface area contributed by atoms with Gasteiger partial charge >= 0.3 is 0 Å². The minimum atomic E-state index is 1.04. The number of hydrogen-bond acceptors (Lipinski definition) is 0. The Morgan fingerprint density at radius 2 is 1.17 bits per heavy atom. The molecule has 0 fully saturated rings. The van der Waals surface area contributed by atoms with Crippen LogP contribution in [0.2, 0.25) is 0 Å². The van der Waals surface area contributed by atoms with Gasteiger partial charge in [-0.3, -0.25) is 0 Å². The molecule has 0 N–H and O–H groups in total. The monoisotopic (exact) mass is 386 g/mol. The van der Waals surface area contributed by atoms with Crippen molar-refractivity contribution in [2.24, 2.45) is 0 Å². The molecule has 4 rings (SSSR count). The van der Waals surface area contributed by atoms with Crippen LogP contribution < -0.4 is 0 Å². The Hall–Kier alpha value is -3.48. The molecule has 0 saturated heterocycles. The SMILES string of the molecule is Cc1ccc(C#Cc2ccc(C#Cc3ccc(C)cc3)c(C3=CCCCC3)c2)cc1. The summed E-state index contributed by atoms with van der Waals surface area (Å²) in [6, 6.07) is 23.2. The van der Waals surface area contributed by atoms with Gasteiger partial charge in [0.2, 0.25) is 0 Å². The molecule has 0 bridgehead atoms. The molecule has 0 aromatic heterocycles. The molecule has 0 heteroatoms. The van der Waals surface area contributed by atoms with Crippen LogP contribution >= 0.6 is 0 Å². The second-order valence-corrected chi connectivity index (χ2v) is 7.97. The zero-order valence-corrected chi connectivity index (χ0v) is 17.8. The molecule has 30 heavy (non-hydrogen) atoms. The topological polar surface area (TPSA) is 0 Å². The number of allylic oxidation sites excluding steroid dienone is 2. The highest BCUT2D eigenvalue weighted by Crippen LogP contribution is 2.29. The van der Waals surface area contributed by atoms with Gasteiger partial charge in [-0.05, 0) is 93.1 Å². The minimum absolute atomic E-state index is 1.04. The van der Waals surface area contributed by atoms with Gasteiger partial charge in [-0.15, -0.1) is 0 Å². The lowest BCUT2D eigenvalue weighted by molar-refractivity contribution is 0.742. The van der Waals surface area contributed by atoms with E-state index in [1.54, 1.807) is 0 Å². The van der Waals surface area contributed by atoms with Crippen LogP contribution in [-0.4, -0.2) is 0 Å². The Balaban J connectivity index is 1.69. The molecule has 3 aromatic carbocycles. The van der Waals surface area contributed by atoms with Gasteiger partial charge < -0.3 is 0 Å². The summed E-state index contributed by atoms with van der Waals surface area (Å²) < 4.78 is 0. The Labute approximate surface area is 180 Å². The molecule has 0 atom stereocenters. The Bertz CT molecular complexity index is 1180. The largest absolute Gasteiger partial charge is 0.0807 e. The normalized spacial score (nSPS) is 12.8. The van der Waals surface area contributed by atoms with E-state index in [0.29, 0.717) is 0 Å². The van der Waals surface area contributed by atoms with Crippen molar-refractivity contribution >= 4 is 5.57 Å². The highest BCUT2D eigenvalue weighted by Gasteiger charge is 2.10. The molecule has 3 aromatic rings. The molecular formula is C30H26. The lowest BCUT2D eigenvalue weighted by atomic mass is 9.89. The van der Waals surface area contributed by atoms with E-state index in [1.165, 1.54) is 35.1 Å². The summed E-state index contributed by atoms with van der Waals surface area (Å²) in [5.74, 6) is 13.4. The Morgan fingerprint density at radius 3 is 1.77 bits per heavy atom. The van der Waals surface area contributed by atoms with Gasteiger partial charge in [0.15, 0.2) is 0 Å². The summed E-state index contributed by atoms with van der Waals surface area (Å²) in [6.07, 6.45) is 7.18. The van der Waals surface area contributed by atoms with Crippen molar-refractivity contribution in [3.05, 3.63) is 112 Å². The third-order valence-corrected chi connectivity index (χ3v) is 5.45. The molecule has 0 saturated carbocycles. The zero-order chi connectivity index (χ0) is 20.8. The van der Waals surface area contributed by atoms with Gasteiger partial charge in [0.1, 0.15) is 0 Å². The molecule has 0 amide bonds. The number of aryl methyl sites for hydroxylation is 2. The predicted octanol–water partition coefficient (Wildman–Crippen LogP) is 7.06. The van der Waals surface area contributed by atoms with Crippen molar-refractivity contribution in [1.82, 2.24) is 0 Å². The lowest BCUT2D eigenvalue weighted by Crippen LogP contribution is -1.96. The van der Waals surface area contributed by atoms with E-state index >= 15 is 0 Å². The van der Waals surface area contributed by atoms with Crippen molar-refractivity contribution in [1.29, 1.82) is 0 Å². The molecule has 1 aliphatic carbocycles. The third kappa shape index (κ3) is 5.11. The van der Waals surface area contributed by atoms with Gasteiger partial charge in [0, 0.05) is 22.3 Å². The minimum Gasteiger partial charge on any atom is -0.0807 e. The van der Waals surface area contributed by atoms with E-state index in [2.05, 4.69) is 110 Å². The van der Waals surface area contributed by atoms with Crippen molar-refractivity contribution < 1.29 is 0 Å². The van der Waals surface area contributed by atoms with Crippen LogP contribution in [0.3, 0.4) is 0 Å². The standard InChI is InChI=1S/C30H26/c1-23-8-12-25(13-9-23)16-17-27-19-21-29(20-18-26-14-10-24(2)11-15-26)30(22-27)28-6-4-3-5-7-28/h6,8-15,19,21-22H,3-5,7H2,1-2H3. The second kappa shape index (κ2) is 9.35. The summed E-state index contributed by atoms with van der Waals surface area (Å²) in [5, 5.41) is 0. The number of rotatable bonds is 1. The Kier molecular flexibility index (Phi) is 6.17. The number of hydrogen-bond donors (Lipinski definition) is 0. The summed E-state index contributed by atoms with van der Waals surface area (Å²) in [4.78, 5) is 0. The zero-order valence-electron chi connectivity index (χ0n) is 17.8. The van der Waals surface area contributed by atoms with Crippen molar-refractivity contribution in [2.75, 3.05) is 0 Å². The van der Waals surface area contributed by atoms with Crippen LogP contribution in [0.5, 0.6) is 0 Å². The van der Waals surface area contributed by atoms with Crippen LogP contribution in [0.1, 0.15) is 64.6 Å². The molecule has 0 aliphatic heterocycles. The lowest BCUT2D eigenvalue weighted by Gasteiger charge is -2.15. The molecule has 0 radical (unpaired) electrons. The van der Waals surface area contributed by atoms with E-state index < -0.39 is 0 Å². The first-order valence-electron chi connectivity index (χ1n) is 10.7. The van der Waals surface area contributed by atoms with Gasteiger partial charge in [-0.2, -0.15) is 0 Å². The molecule has 0 nitrogen and oxygen atoms in total. The molecule has 0 heterocycles. The maximum Gasteiger partial charge on any atom is 0.0324 e. The molecule has 0 unspecified atom stereocenters. The van der Waals surface area contributed by atoms with Crippen molar-refractivity contribution in [3.63, 3.8) is 0 Å². The number of benzene rings is 3. The smallest absolute Gasteiger partial charge is 0.0324 e. The van der Waals surface area contributed by atoms with Crippen LogP contribution in [0, 0.1) is 37.5 Å². The fraction of sp³-hybridized carbons (Fsp3) is 0.200. The maximum atomic E-state index is 3.41. The van der Waals surface area contributed by atoms with E-state index in [1.807, 2.05) is 0 Å². The summed E-state index contributed by atoms with van der Waals surface area (Å²) >= 11 is 0. The van der Waals surface area contributed by atoms with E-state index in [4.69, 9.17) is 0 Å². The highest BCUT2D eigenvalue weighted by molar-refractivity contribution is 5.73. The van der Waals surface area contributed by atoms with Crippen molar-refractivity contribution in [3.8, 4) is 23.7 Å². The second-order valence-electron chi connectivity index (χ2n) is 7.97. The van der Waals surface area contributed by atoms with Gasteiger partial charge in [0.05, 0.1) is 0 Å². The third-order valence-electron chi connectivity index (χ3n) is 5.45.